The Balaban J connectivity index is 3.15. The highest BCUT2D eigenvalue weighted by atomic mass is 19.4. The Hall–Kier alpha value is -1.76. The van der Waals surface area contributed by atoms with E-state index in [-0.39, 0.29) is 11.3 Å². The van der Waals surface area contributed by atoms with Gasteiger partial charge in [-0.05, 0) is 17.7 Å². The first-order chi connectivity index (χ1) is 7.73. The van der Waals surface area contributed by atoms with Gasteiger partial charge in [0.2, 0.25) is 0 Å². The van der Waals surface area contributed by atoms with E-state index in [4.69, 9.17) is 5.11 Å². The van der Waals surface area contributed by atoms with Gasteiger partial charge in [0.15, 0.2) is 0 Å². The van der Waals surface area contributed by atoms with Crippen molar-refractivity contribution in [2.24, 2.45) is 0 Å². The van der Waals surface area contributed by atoms with Crippen LogP contribution in [-0.2, 0) is 4.79 Å². The van der Waals surface area contributed by atoms with E-state index in [0.717, 1.165) is 24.3 Å². The second-order valence-electron chi connectivity index (χ2n) is 3.54. The van der Waals surface area contributed by atoms with Gasteiger partial charge < -0.3 is 20.7 Å². The van der Waals surface area contributed by atoms with Gasteiger partial charge in [-0.3, -0.25) is 0 Å². The quantitative estimate of drug-likeness (QED) is 0.749. The van der Waals surface area contributed by atoms with Crippen LogP contribution in [0.2, 0.25) is 0 Å². The smallest absolute Gasteiger partial charge is 0.401 e. The van der Waals surface area contributed by atoms with E-state index < -0.39 is 24.1 Å². The predicted octanol–water partition coefficient (Wildman–Crippen LogP) is -0.601. The summed E-state index contributed by atoms with van der Waals surface area (Å²) < 4.78 is 38.2. The van der Waals surface area contributed by atoms with Crippen LogP contribution >= 0.6 is 0 Å². The minimum absolute atomic E-state index is 0.205. The molecule has 0 radical (unpaired) electrons. The molecule has 4 nitrogen and oxygen atoms in total. The standard InChI is InChI=1S/C10H10F3NO3/c11-10(12,13)7(8(14)9(16)17)5-1-3-6(15)4-2-5/h1-4,7-8,15H,14H2,(H,16,17)/t7-,8-/m1/s1. The average Bonchev–Trinajstić information content (AvgIpc) is 2.19. The number of hydrogen-bond donors (Lipinski definition) is 2. The van der Waals surface area contributed by atoms with E-state index in [1.165, 1.54) is 0 Å². The van der Waals surface area contributed by atoms with Gasteiger partial charge in [0.1, 0.15) is 23.7 Å². The number of alkyl halides is 3. The molecule has 0 saturated carbocycles. The Labute approximate surface area is 94.5 Å². The van der Waals surface area contributed by atoms with Crippen LogP contribution < -0.4 is 10.8 Å². The maximum atomic E-state index is 12.7. The number of carbonyl (C=O) groups excluding carboxylic acids is 1. The number of quaternary nitrogens is 1. The summed E-state index contributed by atoms with van der Waals surface area (Å²) in [4.78, 5) is 10.5. The number of phenolic OH excluding ortho intramolecular Hbond substituents is 1. The third-order valence-corrected chi connectivity index (χ3v) is 2.31. The highest BCUT2D eigenvalue weighted by molar-refractivity contribution is 5.71. The summed E-state index contributed by atoms with van der Waals surface area (Å²) in [5.74, 6) is -4.34. The fourth-order valence-corrected chi connectivity index (χ4v) is 1.47. The summed E-state index contributed by atoms with van der Waals surface area (Å²) >= 11 is 0. The van der Waals surface area contributed by atoms with Crippen molar-refractivity contribution >= 4 is 5.97 Å². The van der Waals surface area contributed by atoms with Crippen molar-refractivity contribution in [3.05, 3.63) is 29.8 Å². The van der Waals surface area contributed by atoms with E-state index in [1.807, 2.05) is 0 Å². The van der Waals surface area contributed by atoms with Crippen molar-refractivity contribution in [3.8, 4) is 5.75 Å². The SMILES string of the molecule is [NH3+][C@@H](C(=O)[O-])[C@@H](c1ccc(O)cc1)C(F)(F)F. The average molecular weight is 249 g/mol. The number of carboxylic acids is 1. The molecule has 0 aliphatic carbocycles. The summed E-state index contributed by atoms with van der Waals surface area (Å²) in [7, 11) is 0. The van der Waals surface area contributed by atoms with Crippen LogP contribution in [0.15, 0.2) is 24.3 Å². The molecule has 0 amide bonds. The largest absolute Gasteiger partial charge is 0.544 e. The number of hydrogen-bond acceptors (Lipinski definition) is 3. The molecular weight excluding hydrogens is 239 g/mol. The third-order valence-electron chi connectivity index (χ3n) is 2.31. The van der Waals surface area contributed by atoms with Gasteiger partial charge in [-0.15, -0.1) is 0 Å². The zero-order chi connectivity index (χ0) is 13.2. The Morgan fingerprint density at radius 2 is 1.76 bits per heavy atom. The Kier molecular flexibility index (Phi) is 3.62. The zero-order valence-corrected chi connectivity index (χ0v) is 8.57. The number of aliphatic carboxylic acids is 1. The molecule has 0 aliphatic rings. The highest BCUT2D eigenvalue weighted by Gasteiger charge is 2.47. The van der Waals surface area contributed by atoms with Crippen LogP contribution in [0.5, 0.6) is 5.75 Å². The number of benzene rings is 1. The maximum absolute atomic E-state index is 12.7. The second-order valence-corrected chi connectivity index (χ2v) is 3.54. The molecule has 0 heterocycles. The normalized spacial score (nSPS) is 15.3. The van der Waals surface area contributed by atoms with Crippen LogP contribution in [0, 0.1) is 0 Å². The number of carbonyl (C=O) groups is 1. The summed E-state index contributed by atoms with van der Waals surface area (Å²) in [6, 6.07) is 2.18. The first-order valence-corrected chi connectivity index (χ1v) is 4.63. The highest BCUT2D eigenvalue weighted by Crippen LogP contribution is 2.36. The molecule has 94 valence electrons. The molecule has 0 spiro atoms. The van der Waals surface area contributed by atoms with Gasteiger partial charge in [-0.1, -0.05) is 12.1 Å². The van der Waals surface area contributed by atoms with Gasteiger partial charge in [0.05, 0.1) is 0 Å². The monoisotopic (exact) mass is 249 g/mol. The number of rotatable bonds is 3. The number of phenols is 1. The van der Waals surface area contributed by atoms with Gasteiger partial charge in [-0.2, -0.15) is 13.2 Å². The summed E-state index contributed by atoms with van der Waals surface area (Å²) in [5, 5.41) is 19.5. The summed E-state index contributed by atoms with van der Waals surface area (Å²) in [6.07, 6.45) is -4.75. The first-order valence-electron chi connectivity index (χ1n) is 4.63. The van der Waals surface area contributed by atoms with E-state index in [2.05, 4.69) is 5.73 Å². The molecule has 1 rings (SSSR count). The summed E-state index contributed by atoms with van der Waals surface area (Å²) in [5.41, 5.74) is 2.68. The van der Waals surface area contributed by atoms with Crippen molar-refractivity contribution in [2.75, 3.05) is 0 Å². The van der Waals surface area contributed by atoms with Crippen molar-refractivity contribution in [2.45, 2.75) is 18.1 Å². The van der Waals surface area contributed by atoms with Gasteiger partial charge in [-0.25, -0.2) is 0 Å². The molecule has 0 bridgehead atoms. The maximum Gasteiger partial charge on any atom is 0.401 e. The Morgan fingerprint density at radius 3 is 2.12 bits per heavy atom. The Bertz CT molecular complexity index is 402. The fourth-order valence-electron chi connectivity index (χ4n) is 1.47. The van der Waals surface area contributed by atoms with E-state index >= 15 is 0 Å². The molecular formula is C10H10F3NO3. The van der Waals surface area contributed by atoms with Gasteiger partial charge in [0, 0.05) is 0 Å². The molecule has 7 heteroatoms. The predicted molar refractivity (Wildman–Crippen MR) is 48.6 cm³/mol. The molecule has 1 aromatic rings. The number of carboxylic acid groups (broad SMARTS) is 1. The van der Waals surface area contributed by atoms with E-state index in [9.17, 15) is 23.1 Å². The van der Waals surface area contributed by atoms with Crippen LogP contribution in [0.3, 0.4) is 0 Å². The molecule has 0 saturated heterocycles. The van der Waals surface area contributed by atoms with Gasteiger partial charge in [0.25, 0.3) is 0 Å². The first kappa shape index (κ1) is 13.3. The molecule has 0 unspecified atom stereocenters. The third kappa shape index (κ3) is 3.10. The van der Waals surface area contributed by atoms with E-state index in [1.54, 1.807) is 0 Å². The lowest BCUT2D eigenvalue weighted by atomic mass is 9.91. The zero-order valence-electron chi connectivity index (χ0n) is 8.57. The van der Waals surface area contributed by atoms with Crippen molar-refractivity contribution in [1.82, 2.24) is 0 Å². The molecule has 17 heavy (non-hydrogen) atoms. The van der Waals surface area contributed by atoms with Crippen LogP contribution in [-0.4, -0.2) is 23.3 Å². The lowest BCUT2D eigenvalue weighted by Crippen LogP contribution is -2.72. The van der Waals surface area contributed by atoms with Crippen LogP contribution in [0.4, 0.5) is 13.2 Å². The minimum atomic E-state index is -4.75. The number of aromatic hydroxyl groups is 1. The van der Waals surface area contributed by atoms with Crippen LogP contribution in [0.1, 0.15) is 11.5 Å². The lowest BCUT2D eigenvalue weighted by Gasteiger charge is -2.24. The molecule has 0 fully saturated rings. The van der Waals surface area contributed by atoms with Gasteiger partial charge >= 0.3 is 6.18 Å². The lowest BCUT2D eigenvalue weighted by molar-refractivity contribution is -0.453. The fraction of sp³-hybridized carbons (Fsp3) is 0.300. The Morgan fingerprint density at radius 1 is 1.29 bits per heavy atom. The van der Waals surface area contributed by atoms with Crippen molar-refractivity contribution in [1.29, 1.82) is 0 Å². The molecule has 0 aliphatic heterocycles. The molecule has 2 atom stereocenters. The van der Waals surface area contributed by atoms with Crippen molar-refractivity contribution < 1.29 is 33.9 Å². The topological polar surface area (TPSA) is 88.0 Å². The molecule has 1 aromatic carbocycles. The minimum Gasteiger partial charge on any atom is -0.544 e. The van der Waals surface area contributed by atoms with E-state index in [0.29, 0.717) is 0 Å². The molecule has 0 aromatic heterocycles. The van der Waals surface area contributed by atoms with Crippen LogP contribution in [0.25, 0.3) is 0 Å². The molecule has 4 N–H and O–H groups in total. The second kappa shape index (κ2) is 4.62. The number of halogens is 3. The van der Waals surface area contributed by atoms with Crippen molar-refractivity contribution in [3.63, 3.8) is 0 Å². The summed E-state index contributed by atoms with van der Waals surface area (Å²) in [6.45, 7) is 0.